The predicted octanol–water partition coefficient (Wildman–Crippen LogP) is 1.29. The lowest BCUT2D eigenvalue weighted by molar-refractivity contribution is -0.211. The minimum atomic E-state index is 0. The van der Waals surface area contributed by atoms with E-state index in [4.69, 9.17) is 0 Å². The van der Waals surface area contributed by atoms with Crippen LogP contribution in [0.2, 0.25) is 0 Å². The normalized spacial score (nSPS) is 8.10. The fourth-order valence-electron chi connectivity index (χ4n) is 0.532. The van der Waals surface area contributed by atoms with Gasteiger partial charge >= 0.3 is 0 Å². The Hall–Kier alpha value is -0.770. The van der Waals surface area contributed by atoms with Crippen molar-refractivity contribution in [3.63, 3.8) is 0 Å². The standard InChI is InChI=1S/C6H7NO2.ClH/c7-9-8-6-4-2-1-3-5-6;/h1-5H,7H2;1H. The maximum Gasteiger partial charge on any atom is 0.167 e. The second-order valence-corrected chi connectivity index (χ2v) is 1.49. The van der Waals surface area contributed by atoms with Gasteiger partial charge in [-0.05, 0) is 12.1 Å². The van der Waals surface area contributed by atoms with E-state index in [1.54, 1.807) is 12.1 Å². The van der Waals surface area contributed by atoms with Gasteiger partial charge in [-0.15, -0.1) is 12.4 Å². The Morgan fingerprint density at radius 3 is 2.20 bits per heavy atom. The largest absolute Gasteiger partial charge is 0.320 e. The highest BCUT2D eigenvalue weighted by Gasteiger charge is 1.86. The number of halogens is 1. The first-order chi connectivity index (χ1) is 4.43. The SMILES string of the molecule is Cl.NOOc1ccccc1. The molecule has 0 aromatic heterocycles. The van der Waals surface area contributed by atoms with Crippen molar-refractivity contribution < 1.29 is 9.88 Å². The Morgan fingerprint density at radius 2 is 1.70 bits per heavy atom. The van der Waals surface area contributed by atoms with E-state index >= 15 is 0 Å². The Labute approximate surface area is 65.0 Å². The predicted molar refractivity (Wildman–Crippen MR) is 39.6 cm³/mol. The number of hydrogen-bond acceptors (Lipinski definition) is 3. The van der Waals surface area contributed by atoms with E-state index in [-0.39, 0.29) is 12.4 Å². The van der Waals surface area contributed by atoms with Crippen molar-refractivity contribution >= 4 is 12.4 Å². The van der Waals surface area contributed by atoms with E-state index < -0.39 is 0 Å². The van der Waals surface area contributed by atoms with Gasteiger partial charge in [-0.3, -0.25) is 0 Å². The van der Waals surface area contributed by atoms with Crippen LogP contribution in [0.25, 0.3) is 0 Å². The lowest BCUT2D eigenvalue weighted by Crippen LogP contribution is -2.02. The average molecular weight is 162 g/mol. The van der Waals surface area contributed by atoms with Crippen LogP contribution in [0.4, 0.5) is 0 Å². The topological polar surface area (TPSA) is 44.5 Å². The Kier molecular flexibility index (Phi) is 4.66. The summed E-state index contributed by atoms with van der Waals surface area (Å²) in [7, 11) is 0. The zero-order valence-electron chi connectivity index (χ0n) is 5.19. The molecular formula is C6H8ClNO2. The maximum absolute atomic E-state index is 4.64. The molecular weight excluding hydrogens is 154 g/mol. The smallest absolute Gasteiger partial charge is 0.167 e. The molecule has 10 heavy (non-hydrogen) atoms. The van der Waals surface area contributed by atoms with Crippen LogP contribution in [0.1, 0.15) is 0 Å². The van der Waals surface area contributed by atoms with Crippen molar-refractivity contribution in [2.24, 2.45) is 5.90 Å². The molecule has 0 bridgehead atoms. The highest BCUT2D eigenvalue weighted by atomic mass is 35.5. The molecule has 0 aliphatic rings. The van der Waals surface area contributed by atoms with Gasteiger partial charge in [-0.25, -0.2) is 0 Å². The fraction of sp³-hybridized carbons (Fsp3) is 0. The number of para-hydroxylation sites is 1. The fourth-order valence-corrected chi connectivity index (χ4v) is 0.532. The summed E-state index contributed by atoms with van der Waals surface area (Å²) in [4.78, 5) is 8.41. The zero-order chi connectivity index (χ0) is 6.53. The van der Waals surface area contributed by atoms with Crippen LogP contribution < -0.4 is 10.8 Å². The molecule has 1 aromatic rings. The monoisotopic (exact) mass is 161 g/mol. The van der Waals surface area contributed by atoms with Crippen LogP contribution in [-0.4, -0.2) is 0 Å². The van der Waals surface area contributed by atoms with Crippen molar-refractivity contribution in [3.8, 4) is 5.75 Å². The molecule has 0 heterocycles. The van der Waals surface area contributed by atoms with Gasteiger partial charge in [-0.1, -0.05) is 23.2 Å². The molecule has 0 radical (unpaired) electrons. The molecule has 0 saturated carbocycles. The van der Waals surface area contributed by atoms with Gasteiger partial charge < -0.3 is 4.89 Å². The first kappa shape index (κ1) is 9.23. The van der Waals surface area contributed by atoms with E-state index in [1.165, 1.54) is 0 Å². The van der Waals surface area contributed by atoms with Crippen molar-refractivity contribution in [1.29, 1.82) is 0 Å². The molecule has 4 heteroatoms. The third-order valence-corrected chi connectivity index (χ3v) is 0.888. The minimum absolute atomic E-state index is 0. The summed E-state index contributed by atoms with van der Waals surface area (Å²) in [6, 6.07) is 9.02. The molecule has 0 atom stereocenters. The Balaban J connectivity index is 0.000000810. The van der Waals surface area contributed by atoms with Crippen LogP contribution in [0.5, 0.6) is 5.75 Å². The van der Waals surface area contributed by atoms with Crippen LogP contribution in [0, 0.1) is 0 Å². The molecule has 0 aliphatic heterocycles. The van der Waals surface area contributed by atoms with Gasteiger partial charge in [0, 0.05) is 0 Å². The molecule has 0 unspecified atom stereocenters. The zero-order valence-corrected chi connectivity index (χ0v) is 6.01. The van der Waals surface area contributed by atoms with Gasteiger partial charge in [0.2, 0.25) is 0 Å². The minimum Gasteiger partial charge on any atom is -0.320 e. The van der Waals surface area contributed by atoms with Crippen LogP contribution in [-0.2, 0) is 4.99 Å². The van der Waals surface area contributed by atoms with Crippen molar-refractivity contribution in [2.75, 3.05) is 0 Å². The van der Waals surface area contributed by atoms with Crippen molar-refractivity contribution in [3.05, 3.63) is 30.3 Å². The quantitative estimate of drug-likeness (QED) is 0.525. The van der Waals surface area contributed by atoms with Crippen molar-refractivity contribution in [1.82, 2.24) is 0 Å². The first-order valence-electron chi connectivity index (χ1n) is 2.52. The Bertz CT molecular complexity index is 169. The molecule has 0 amide bonds. The highest BCUT2D eigenvalue weighted by Crippen LogP contribution is 2.06. The summed E-state index contributed by atoms with van der Waals surface area (Å²) < 4.78 is 0. The van der Waals surface area contributed by atoms with E-state index in [1.807, 2.05) is 18.2 Å². The summed E-state index contributed by atoms with van der Waals surface area (Å²) in [5.74, 6) is 5.24. The molecule has 1 rings (SSSR count). The lowest BCUT2D eigenvalue weighted by atomic mass is 10.3. The summed E-state index contributed by atoms with van der Waals surface area (Å²) in [6.07, 6.45) is 0. The van der Waals surface area contributed by atoms with Gasteiger partial charge in [0.15, 0.2) is 5.75 Å². The third kappa shape index (κ3) is 2.68. The number of rotatable bonds is 2. The van der Waals surface area contributed by atoms with Crippen LogP contribution in [0.3, 0.4) is 0 Å². The van der Waals surface area contributed by atoms with Crippen LogP contribution in [0.15, 0.2) is 30.3 Å². The lowest BCUT2D eigenvalue weighted by Gasteiger charge is -1.95. The number of benzene rings is 1. The Morgan fingerprint density at radius 1 is 1.10 bits per heavy atom. The highest BCUT2D eigenvalue weighted by molar-refractivity contribution is 5.85. The van der Waals surface area contributed by atoms with Crippen molar-refractivity contribution in [2.45, 2.75) is 0 Å². The van der Waals surface area contributed by atoms with E-state index in [0.717, 1.165) is 0 Å². The van der Waals surface area contributed by atoms with E-state index in [0.29, 0.717) is 5.75 Å². The molecule has 1 aromatic carbocycles. The number of hydrogen-bond donors (Lipinski definition) is 1. The summed E-state index contributed by atoms with van der Waals surface area (Å²) >= 11 is 0. The second kappa shape index (κ2) is 5.05. The third-order valence-electron chi connectivity index (χ3n) is 0.888. The molecule has 0 fully saturated rings. The maximum atomic E-state index is 4.64. The van der Waals surface area contributed by atoms with Gasteiger partial charge in [0.05, 0.1) is 0 Å². The molecule has 0 saturated heterocycles. The van der Waals surface area contributed by atoms with Gasteiger partial charge in [-0.2, -0.15) is 5.90 Å². The average Bonchev–Trinajstić information content (AvgIpc) is 1.91. The molecule has 3 nitrogen and oxygen atoms in total. The first-order valence-corrected chi connectivity index (χ1v) is 2.52. The van der Waals surface area contributed by atoms with Crippen LogP contribution >= 0.6 is 12.4 Å². The molecule has 56 valence electrons. The second-order valence-electron chi connectivity index (χ2n) is 1.49. The molecule has 0 spiro atoms. The van der Waals surface area contributed by atoms with E-state index in [2.05, 4.69) is 15.8 Å². The molecule has 2 N–H and O–H groups in total. The van der Waals surface area contributed by atoms with E-state index in [9.17, 15) is 0 Å². The van der Waals surface area contributed by atoms with Gasteiger partial charge in [0.25, 0.3) is 0 Å². The summed E-state index contributed by atoms with van der Waals surface area (Å²) in [5.41, 5.74) is 0. The molecule has 0 aliphatic carbocycles. The number of nitrogens with two attached hydrogens (primary N) is 1. The summed E-state index contributed by atoms with van der Waals surface area (Å²) in [5, 5.41) is 0. The van der Waals surface area contributed by atoms with Gasteiger partial charge in [0.1, 0.15) is 0 Å². The summed E-state index contributed by atoms with van der Waals surface area (Å²) in [6.45, 7) is 0.